The van der Waals surface area contributed by atoms with Crippen LogP contribution in [0.25, 0.3) is 0 Å². The first-order chi connectivity index (χ1) is 3.79. The molecule has 3 heteroatoms. The Morgan fingerprint density at radius 1 is 1.75 bits per heavy atom. The lowest BCUT2D eigenvalue weighted by Crippen LogP contribution is -1.83. The minimum Gasteiger partial charge on any atom is -0.230 e. The summed E-state index contributed by atoms with van der Waals surface area (Å²) in [7, 11) is 0. The summed E-state index contributed by atoms with van der Waals surface area (Å²) in [6.07, 6.45) is 1.59. The van der Waals surface area contributed by atoms with Gasteiger partial charge in [0.15, 0.2) is 4.73 Å². The Bertz CT molecular complexity index is 170. The molecule has 0 fully saturated rings. The quantitative estimate of drug-likeness (QED) is 0.552. The smallest absolute Gasteiger partial charge is 0.196 e. The lowest BCUT2D eigenvalue weighted by Gasteiger charge is -1.86. The van der Waals surface area contributed by atoms with Crippen LogP contribution in [0.1, 0.15) is 5.69 Å². The Morgan fingerprint density at radius 3 is 2.88 bits per heavy atom. The van der Waals surface area contributed by atoms with Gasteiger partial charge in [0, 0.05) is 18.0 Å². The summed E-state index contributed by atoms with van der Waals surface area (Å²) >= 11 is 3.12. The fourth-order valence-electron chi connectivity index (χ4n) is 0.378. The zero-order valence-electron chi connectivity index (χ0n) is 4.35. The van der Waals surface area contributed by atoms with Gasteiger partial charge in [0.25, 0.3) is 0 Å². The van der Waals surface area contributed by atoms with E-state index in [2.05, 4.69) is 32.0 Å². The Morgan fingerprint density at radius 2 is 2.50 bits per heavy atom. The Kier molecular flexibility index (Phi) is 1.58. The number of nitrogens with zero attached hydrogens (tertiary/aromatic N) is 2. The molecule has 0 aliphatic heterocycles. The fraction of sp³-hybridized carbons (Fsp3) is 0.200. The molecule has 0 aliphatic carbocycles. The van der Waals surface area contributed by atoms with Crippen molar-refractivity contribution in [1.82, 2.24) is 9.97 Å². The van der Waals surface area contributed by atoms with Crippen LogP contribution in [-0.2, 0) is 0 Å². The third-order valence-corrected chi connectivity index (χ3v) is 1.09. The van der Waals surface area contributed by atoms with E-state index in [0.717, 1.165) is 5.69 Å². The number of hydrogen-bond donors (Lipinski definition) is 0. The van der Waals surface area contributed by atoms with Crippen molar-refractivity contribution in [3.63, 3.8) is 0 Å². The number of aryl methyl sites for hydroxylation is 1. The van der Waals surface area contributed by atoms with Crippen molar-refractivity contribution in [3.8, 4) is 0 Å². The highest BCUT2D eigenvalue weighted by molar-refractivity contribution is 9.10. The molecular formula is C5H4BrN2. The predicted molar refractivity (Wildman–Crippen MR) is 33.3 cm³/mol. The minimum absolute atomic E-state index is 0.619. The van der Waals surface area contributed by atoms with Crippen LogP contribution < -0.4 is 0 Å². The Hall–Kier alpha value is -0.440. The largest absolute Gasteiger partial charge is 0.230 e. The van der Waals surface area contributed by atoms with Crippen LogP contribution in [0.4, 0.5) is 0 Å². The van der Waals surface area contributed by atoms with Gasteiger partial charge in [0.1, 0.15) is 0 Å². The second kappa shape index (κ2) is 2.22. The van der Waals surface area contributed by atoms with E-state index in [1.165, 1.54) is 0 Å². The summed E-state index contributed by atoms with van der Waals surface area (Å²) in [6.45, 7) is 1.87. The summed E-state index contributed by atoms with van der Waals surface area (Å²) in [6, 6.07) is 2.82. The fourth-order valence-corrected chi connectivity index (χ4v) is 0.747. The van der Waals surface area contributed by atoms with Gasteiger partial charge in [-0.25, -0.2) is 9.97 Å². The van der Waals surface area contributed by atoms with Crippen molar-refractivity contribution in [2.24, 2.45) is 0 Å². The van der Waals surface area contributed by atoms with E-state index >= 15 is 0 Å². The lowest BCUT2D eigenvalue weighted by molar-refractivity contribution is 1.05. The maximum Gasteiger partial charge on any atom is 0.196 e. The van der Waals surface area contributed by atoms with E-state index in [0.29, 0.717) is 4.73 Å². The van der Waals surface area contributed by atoms with Gasteiger partial charge < -0.3 is 0 Å². The molecule has 0 N–H and O–H groups in total. The molecular weight excluding hydrogens is 168 g/mol. The van der Waals surface area contributed by atoms with Crippen molar-refractivity contribution in [1.29, 1.82) is 0 Å². The Labute approximate surface area is 56.1 Å². The molecule has 0 unspecified atom stereocenters. The molecule has 41 valence electrons. The van der Waals surface area contributed by atoms with Gasteiger partial charge in [0.05, 0.1) is 0 Å². The van der Waals surface area contributed by atoms with E-state index in [9.17, 15) is 0 Å². The molecule has 0 saturated heterocycles. The maximum absolute atomic E-state index is 3.92. The molecule has 0 amide bonds. The summed E-state index contributed by atoms with van der Waals surface area (Å²) in [5.41, 5.74) is 0.854. The van der Waals surface area contributed by atoms with Gasteiger partial charge >= 0.3 is 0 Å². The van der Waals surface area contributed by atoms with Crippen LogP contribution in [0.15, 0.2) is 10.9 Å². The van der Waals surface area contributed by atoms with Crippen LogP contribution in [0.5, 0.6) is 0 Å². The summed E-state index contributed by atoms with van der Waals surface area (Å²) in [5, 5.41) is 0. The van der Waals surface area contributed by atoms with Gasteiger partial charge in [-0.2, -0.15) is 0 Å². The van der Waals surface area contributed by atoms with Gasteiger partial charge in [-0.15, -0.1) is 0 Å². The normalized spacial score (nSPS) is 9.25. The number of aromatic nitrogens is 2. The summed E-state index contributed by atoms with van der Waals surface area (Å²) < 4.78 is 0.619. The molecule has 1 rings (SSSR count). The van der Waals surface area contributed by atoms with E-state index in [1.54, 1.807) is 6.20 Å². The monoisotopic (exact) mass is 171 g/mol. The molecule has 0 spiro atoms. The molecule has 1 aromatic heterocycles. The standard InChI is InChI=1S/C5H4BrN2/c1-4-2-3-7-5(6)8-4/h3H,1H3. The van der Waals surface area contributed by atoms with Crippen LogP contribution in [0, 0.1) is 13.0 Å². The highest BCUT2D eigenvalue weighted by Crippen LogP contribution is 1.98. The highest BCUT2D eigenvalue weighted by atomic mass is 79.9. The third kappa shape index (κ3) is 1.26. The van der Waals surface area contributed by atoms with Crippen molar-refractivity contribution in [2.75, 3.05) is 0 Å². The highest BCUT2D eigenvalue weighted by Gasteiger charge is 1.86. The molecule has 1 aromatic rings. The minimum atomic E-state index is 0.619. The van der Waals surface area contributed by atoms with E-state index in [-0.39, 0.29) is 0 Å². The predicted octanol–water partition coefficient (Wildman–Crippen LogP) is 1.35. The van der Waals surface area contributed by atoms with Gasteiger partial charge in [0.2, 0.25) is 0 Å². The van der Waals surface area contributed by atoms with Crippen LogP contribution in [0.3, 0.4) is 0 Å². The van der Waals surface area contributed by atoms with Crippen LogP contribution >= 0.6 is 15.9 Å². The molecule has 8 heavy (non-hydrogen) atoms. The first-order valence-electron chi connectivity index (χ1n) is 2.16. The van der Waals surface area contributed by atoms with Crippen LogP contribution in [-0.4, -0.2) is 9.97 Å². The van der Waals surface area contributed by atoms with Gasteiger partial charge in [-0.05, 0) is 22.9 Å². The molecule has 0 aromatic carbocycles. The second-order valence-electron chi connectivity index (χ2n) is 1.37. The zero-order chi connectivity index (χ0) is 5.98. The molecule has 1 heterocycles. The van der Waals surface area contributed by atoms with E-state index in [4.69, 9.17) is 0 Å². The maximum atomic E-state index is 3.92. The van der Waals surface area contributed by atoms with Gasteiger partial charge in [-0.1, -0.05) is 0 Å². The average Bonchev–Trinajstić information content (AvgIpc) is 1.64. The first-order valence-corrected chi connectivity index (χ1v) is 2.95. The number of hydrogen-bond acceptors (Lipinski definition) is 2. The van der Waals surface area contributed by atoms with E-state index in [1.807, 2.05) is 6.92 Å². The van der Waals surface area contributed by atoms with Crippen molar-refractivity contribution < 1.29 is 0 Å². The third-order valence-electron chi connectivity index (χ3n) is 0.704. The first kappa shape index (κ1) is 5.69. The molecule has 0 aliphatic rings. The molecule has 2 nitrogen and oxygen atoms in total. The van der Waals surface area contributed by atoms with Crippen LogP contribution in [0.2, 0.25) is 0 Å². The number of rotatable bonds is 0. The summed E-state index contributed by atoms with van der Waals surface area (Å²) in [5.74, 6) is 0. The second-order valence-corrected chi connectivity index (χ2v) is 2.08. The molecule has 0 saturated carbocycles. The number of halogens is 1. The average molecular weight is 172 g/mol. The molecule has 0 atom stereocenters. The molecule has 0 bridgehead atoms. The Balaban J connectivity index is 3.08. The van der Waals surface area contributed by atoms with Crippen molar-refractivity contribution >= 4 is 15.9 Å². The van der Waals surface area contributed by atoms with E-state index < -0.39 is 0 Å². The zero-order valence-corrected chi connectivity index (χ0v) is 5.94. The molecule has 1 radical (unpaired) electrons. The lowest BCUT2D eigenvalue weighted by atomic mass is 10.5. The topological polar surface area (TPSA) is 25.8 Å². The van der Waals surface area contributed by atoms with Gasteiger partial charge in [-0.3, -0.25) is 0 Å². The van der Waals surface area contributed by atoms with Crippen molar-refractivity contribution in [3.05, 3.63) is 22.7 Å². The SMILES string of the molecule is Cc1[c]cnc(Br)n1. The van der Waals surface area contributed by atoms with Crippen molar-refractivity contribution in [2.45, 2.75) is 6.92 Å². The summed E-state index contributed by atoms with van der Waals surface area (Å²) in [4.78, 5) is 7.71.